The summed E-state index contributed by atoms with van der Waals surface area (Å²) < 4.78 is 25.4. The monoisotopic (exact) mass is 254 g/mol. The van der Waals surface area contributed by atoms with Gasteiger partial charge in [-0.2, -0.15) is 0 Å². The van der Waals surface area contributed by atoms with E-state index in [1.165, 1.54) is 4.31 Å². The third-order valence-electron chi connectivity index (χ3n) is 2.98. The van der Waals surface area contributed by atoms with Crippen LogP contribution in [0.1, 0.15) is 18.4 Å². The topological polar surface area (TPSA) is 63.4 Å². The van der Waals surface area contributed by atoms with Crippen molar-refractivity contribution in [3.63, 3.8) is 0 Å². The molecular formula is C12H18N2O2S. The van der Waals surface area contributed by atoms with E-state index in [9.17, 15) is 8.42 Å². The van der Waals surface area contributed by atoms with Gasteiger partial charge in [0.25, 0.3) is 0 Å². The van der Waals surface area contributed by atoms with Crippen molar-refractivity contribution in [2.45, 2.75) is 19.3 Å². The lowest BCUT2D eigenvalue weighted by Gasteiger charge is -2.28. The van der Waals surface area contributed by atoms with Gasteiger partial charge in [-0.3, -0.25) is 4.31 Å². The van der Waals surface area contributed by atoms with Gasteiger partial charge in [0.15, 0.2) is 0 Å². The molecule has 4 nitrogen and oxygen atoms in total. The molecule has 5 heteroatoms. The minimum absolute atomic E-state index is 0.258. The van der Waals surface area contributed by atoms with Gasteiger partial charge < -0.3 is 5.73 Å². The number of hydrogen-bond donors (Lipinski definition) is 1. The van der Waals surface area contributed by atoms with E-state index in [1.807, 2.05) is 24.3 Å². The summed E-state index contributed by atoms with van der Waals surface area (Å²) in [5, 5.41) is 0. The molecule has 0 radical (unpaired) electrons. The normalized spacial score (nSPS) is 19.2. The molecule has 2 N–H and O–H groups in total. The molecule has 0 bridgehead atoms. The van der Waals surface area contributed by atoms with E-state index in [0.717, 1.165) is 30.5 Å². The van der Waals surface area contributed by atoms with Gasteiger partial charge in [-0.25, -0.2) is 8.42 Å². The van der Waals surface area contributed by atoms with Gasteiger partial charge in [-0.05, 0) is 43.5 Å². The van der Waals surface area contributed by atoms with E-state index in [-0.39, 0.29) is 5.75 Å². The molecule has 1 aromatic carbocycles. The smallest absolute Gasteiger partial charge is 0.235 e. The molecule has 0 aliphatic carbocycles. The molecule has 17 heavy (non-hydrogen) atoms. The highest BCUT2D eigenvalue weighted by molar-refractivity contribution is 7.92. The maximum atomic E-state index is 12.0. The first kappa shape index (κ1) is 12.4. The van der Waals surface area contributed by atoms with Crippen LogP contribution in [-0.2, 0) is 16.4 Å². The first-order valence-corrected chi connectivity index (χ1v) is 7.54. The molecule has 1 fully saturated rings. The van der Waals surface area contributed by atoms with Gasteiger partial charge >= 0.3 is 0 Å². The minimum Gasteiger partial charge on any atom is -0.330 e. The van der Waals surface area contributed by atoms with Gasteiger partial charge in [-0.15, -0.1) is 0 Å². The summed E-state index contributed by atoms with van der Waals surface area (Å²) in [4.78, 5) is 0. The molecule has 1 aromatic rings. The second kappa shape index (κ2) is 5.06. The summed E-state index contributed by atoms with van der Waals surface area (Å²) in [6, 6.07) is 7.65. The molecule has 0 aromatic heterocycles. The predicted molar refractivity (Wildman–Crippen MR) is 69.6 cm³/mol. The highest BCUT2D eigenvalue weighted by Gasteiger charge is 2.25. The van der Waals surface area contributed by atoms with E-state index in [0.29, 0.717) is 13.1 Å². The van der Waals surface area contributed by atoms with Crippen molar-refractivity contribution in [3.05, 3.63) is 29.8 Å². The van der Waals surface area contributed by atoms with Gasteiger partial charge in [-0.1, -0.05) is 12.1 Å². The fraction of sp³-hybridized carbons (Fsp3) is 0.500. The molecule has 1 saturated heterocycles. The van der Waals surface area contributed by atoms with Crippen LogP contribution in [0.3, 0.4) is 0 Å². The zero-order chi connectivity index (χ0) is 12.3. The lowest BCUT2D eigenvalue weighted by atomic mass is 10.1. The Hall–Kier alpha value is -1.07. The van der Waals surface area contributed by atoms with E-state index in [4.69, 9.17) is 5.73 Å². The number of sulfonamides is 1. The molecule has 94 valence electrons. The van der Waals surface area contributed by atoms with Crippen LogP contribution >= 0.6 is 0 Å². The maximum Gasteiger partial charge on any atom is 0.235 e. The third-order valence-corrected chi connectivity index (χ3v) is 4.85. The first-order valence-electron chi connectivity index (χ1n) is 5.93. The molecule has 1 heterocycles. The molecule has 0 saturated carbocycles. The molecular weight excluding hydrogens is 236 g/mol. The summed E-state index contributed by atoms with van der Waals surface area (Å²) in [5.74, 6) is 0.258. The van der Waals surface area contributed by atoms with Crippen molar-refractivity contribution in [2.75, 3.05) is 23.1 Å². The van der Waals surface area contributed by atoms with Crippen LogP contribution in [0.2, 0.25) is 0 Å². The van der Waals surface area contributed by atoms with Crippen LogP contribution in [0.15, 0.2) is 24.3 Å². The van der Waals surface area contributed by atoms with Crippen molar-refractivity contribution >= 4 is 15.7 Å². The SMILES string of the molecule is NCCc1cccc(N2CCCCS2(=O)=O)c1. The van der Waals surface area contributed by atoms with Crippen molar-refractivity contribution < 1.29 is 8.42 Å². The average molecular weight is 254 g/mol. The second-order valence-corrected chi connectivity index (χ2v) is 6.32. The number of benzene rings is 1. The lowest BCUT2D eigenvalue weighted by Crippen LogP contribution is -2.37. The summed E-state index contributed by atoms with van der Waals surface area (Å²) in [7, 11) is -3.11. The minimum atomic E-state index is -3.11. The van der Waals surface area contributed by atoms with Crippen molar-refractivity contribution in [2.24, 2.45) is 5.73 Å². The lowest BCUT2D eigenvalue weighted by molar-refractivity contribution is 0.574. The van der Waals surface area contributed by atoms with E-state index >= 15 is 0 Å². The van der Waals surface area contributed by atoms with Crippen molar-refractivity contribution in [1.82, 2.24) is 0 Å². The number of rotatable bonds is 3. The number of hydrogen-bond acceptors (Lipinski definition) is 3. The number of nitrogens with zero attached hydrogens (tertiary/aromatic N) is 1. The Bertz CT molecular complexity index is 485. The van der Waals surface area contributed by atoms with Crippen molar-refractivity contribution in [1.29, 1.82) is 0 Å². The van der Waals surface area contributed by atoms with E-state index in [2.05, 4.69) is 0 Å². The van der Waals surface area contributed by atoms with E-state index < -0.39 is 10.0 Å². The van der Waals surface area contributed by atoms with E-state index in [1.54, 1.807) is 0 Å². The fourth-order valence-corrected chi connectivity index (χ4v) is 3.74. The Morgan fingerprint density at radius 2 is 2.12 bits per heavy atom. The summed E-state index contributed by atoms with van der Waals surface area (Å²) in [6.45, 7) is 1.17. The van der Waals surface area contributed by atoms with Crippen LogP contribution in [0.5, 0.6) is 0 Å². The quantitative estimate of drug-likeness (QED) is 0.879. The Balaban J connectivity index is 2.29. The summed E-state index contributed by atoms with van der Waals surface area (Å²) in [5.41, 5.74) is 7.37. The van der Waals surface area contributed by atoms with Crippen LogP contribution in [0, 0.1) is 0 Å². The third kappa shape index (κ3) is 2.79. The molecule has 0 atom stereocenters. The summed E-state index contributed by atoms with van der Waals surface area (Å²) in [6.07, 6.45) is 2.48. The maximum absolute atomic E-state index is 12.0. The average Bonchev–Trinajstić information content (AvgIpc) is 2.29. The molecule has 0 amide bonds. The molecule has 0 unspecified atom stereocenters. The second-order valence-electron chi connectivity index (χ2n) is 4.30. The molecule has 1 aliphatic heterocycles. The Kier molecular flexibility index (Phi) is 3.69. The summed E-state index contributed by atoms with van der Waals surface area (Å²) >= 11 is 0. The Morgan fingerprint density at radius 3 is 2.82 bits per heavy atom. The Morgan fingerprint density at radius 1 is 1.29 bits per heavy atom. The van der Waals surface area contributed by atoms with Crippen LogP contribution in [0.25, 0.3) is 0 Å². The number of nitrogens with two attached hydrogens (primary N) is 1. The molecule has 2 rings (SSSR count). The Labute approximate surface area is 102 Å². The van der Waals surface area contributed by atoms with Gasteiger partial charge in [0, 0.05) is 6.54 Å². The van der Waals surface area contributed by atoms with Gasteiger partial charge in [0.2, 0.25) is 10.0 Å². The van der Waals surface area contributed by atoms with Gasteiger partial charge in [0.1, 0.15) is 0 Å². The zero-order valence-corrected chi connectivity index (χ0v) is 10.6. The first-order chi connectivity index (χ1) is 8.13. The number of anilines is 1. The van der Waals surface area contributed by atoms with Crippen LogP contribution in [0.4, 0.5) is 5.69 Å². The molecule has 0 spiro atoms. The zero-order valence-electron chi connectivity index (χ0n) is 9.80. The van der Waals surface area contributed by atoms with Crippen LogP contribution in [-0.4, -0.2) is 27.3 Å². The van der Waals surface area contributed by atoms with Gasteiger partial charge in [0.05, 0.1) is 11.4 Å². The largest absolute Gasteiger partial charge is 0.330 e. The predicted octanol–water partition coefficient (Wildman–Crippen LogP) is 1.12. The van der Waals surface area contributed by atoms with Crippen molar-refractivity contribution in [3.8, 4) is 0 Å². The highest BCUT2D eigenvalue weighted by atomic mass is 32.2. The standard InChI is InChI=1S/C12H18N2O2S/c13-7-6-11-4-3-5-12(10-11)14-8-1-2-9-17(14,15)16/h3-5,10H,1-2,6-9,13H2. The van der Waals surface area contributed by atoms with Crippen LogP contribution < -0.4 is 10.0 Å². The molecule has 1 aliphatic rings. The highest BCUT2D eigenvalue weighted by Crippen LogP contribution is 2.24. The fourth-order valence-electron chi connectivity index (χ4n) is 2.11.